The van der Waals surface area contributed by atoms with Crippen molar-refractivity contribution in [1.82, 2.24) is 0 Å². The van der Waals surface area contributed by atoms with Crippen LogP contribution in [0.2, 0.25) is 0 Å². The molecule has 6 nitrogen and oxygen atoms in total. The van der Waals surface area contributed by atoms with Crippen molar-refractivity contribution in [2.45, 2.75) is 57.0 Å². The number of unbranched alkanes of at least 4 members (excludes halogenated alkanes) is 4. The molecule has 2 saturated heterocycles. The van der Waals surface area contributed by atoms with Crippen LogP contribution >= 0.6 is 0 Å². The van der Waals surface area contributed by atoms with Gasteiger partial charge in [0.05, 0.1) is 32.0 Å². The van der Waals surface area contributed by atoms with Crippen molar-refractivity contribution in [3.05, 3.63) is 47.5 Å². The van der Waals surface area contributed by atoms with Crippen LogP contribution in [0.4, 0.5) is 0 Å². The Morgan fingerprint density at radius 1 is 0.788 bits per heavy atom. The molecule has 0 bridgehead atoms. The lowest BCUT2D eigenvalue weighted by Crippen LogP contribution is -2.53. The van der Waals surface area contributed by atoms with E-state index in [1.54, 1.807) is 0 Å². The third-order valence-corrected chi connectivity index (χ3v) is 7.26. The van der Waals surface area contributed by atoms with Crippen molar-refractivity contribution in [3.63, 3.8) is 0 Å². The number of hydrogen-bond donors (Lipinski definition) is 2. The van der Waals surface area contributed by atoms with Crippen LogP contribution in [0.3, 0.4) is 0 Å². The van der Waals surface area contributed by atoms with Crippen LogP contribution in [0.1, 0.15) is 56.6 Å². The second-order valence-electron chi connectivity index (χ2n) is 9.44. The van der Waals surface area contributed by atoms with Crippen LogP contribution in [0, 0.1) is 0 Å². The van der Waals surface area contributed by atoms with Gasteiger partial charge >= 0.3 is 14.2 Å². The Bertz CT molecular complexity index is 911. The van der Waals surface area contributed by atoms with Crippen LogP contribution in [0.15, 0.2) is 36.4 Å². The molecule has 2 fully saturated rings. The molecule has 1 atom stereocenters. The minimum absolute atomic E-state index is 0.208. The lowest BCUT2D eigenvalue weighted by molar-refractivity contribution is 0.365. The highest BCUT2D eigenvalue weighted by Crippen LogP contribution is 2.47. The number of fused-ring (bicyclic) bond motifs is 3. The van der Waals surface area contributed by atoms with Gasteiger partial charge in [-0.15, -0.1) is 0 Å². The molecule has 0 aromatic heterocycles. The van der Waals surface area contributed by atoms with E-state index in [2.05, 4.69) is 43.3 Å². The largest absolute Gasteiger partial charge is 0.494 e. The third kappa shape index (κ3) is 4.29. The average Bonchev–Trinajstić information content (AvgIpc) is 3.60. The van der Waals surface area contributed by atoms with Gasteiger partial charge in [-0.3, -0.25) is 0 Å². The van der Waals surface area contributed by atoms with E-state index in [1.165, 1.54) is 25.7 Å². The SMILES string of the molecule is CCCCCCCC(N)C1(N)c2cc(B3OCCO3)ccc2-c2ccc(B3OCCO3)cc21. The Morgan fingerprint density at radius 2 is 1.27 bits per heavy atom. The van der Waals surface area contributed by atoms with E-state index in [4.69, 9.17) is 30.1 Å². The maximum absolute atomic E-state index is 7.31. The summed E-state index contributed by atoms with van der Waals surface area (Å²) in [6.45, 7) is 4.67. The van der Waals surface area contributed by atoms with Gasteiger partial charge in [0.15, 0.2) is 0 Å². The van der Waals surface area contributed by atoms with Gasteiger partial charge in [0, 0.05) is 6.04 Å². The standard InChI is InChI=1S/C25H34B2N2O4/c1-2-3-4-5-6-7-24(28)25(29)22-16-18(26-30-12-13-31-26)8-10-20(22)21-11-9-19(17-23(21)25)27-32-14-15-33-27/h8-11,16-17,24H,2-7,12-15,28-29H2,1H3. The molecule has 1 unspecified atom stereocenters. The van der Waals surface area contributed by atoms with Crippen LogP contribution < -0.4 is 22.4 Å². The monoisotopic (exact) mass is 448 g/mol. The van der Waals surface area contributed by atoms with E-state index in [0.717, 1.165) is 46.0 Å². The lowest BCUT2D eigenvalue weighted by Gasteiger charge is -2.34. The summed E-state index contributed by atoms with van der Waals surface area (Å²) in [5.74, 6) is 0. The zero-order chi connectivity index (χ0) is 22.8. The van der Waals surface area contributed by atoms with Crippen LogP contribution in [0.5, 0.6) is 0 Å². The van der Waals surface area contributed by atoms with Crippen molar-refractivity contribution >= 4 is 25.2 Å². The highest BCUT2D eigenvalue weighted by atomic mass is 16.6. The number of rotatable bonds is 9. The highest BCUT2D eigenvalue weighted by Gasteiger charge is 2.46. The number of hydrogen-bond acceptors (Lipinski definition) is 6. The van der Waals surface area contributed by atoms with Crippen LogP contribution in [-0.2, 0) is 24.2 Å². The van der Waals surface area contributed by atoms with Gasteiger partial charge in [0.25, 0.3) is 0 Å². The summed E-state index contributed by atoms with van der Waals surface area (Å²) < 4.78 is 23.1. The Morgan fingerprint density at radius 3 is 1.76 bits per heavy atom. The quantitative estimate of drug-likeness (QED) is 0.451. The molecule has 2 heterocycles. The van der Waals surface area contributed by atoms with Gasteiger partial charge in [-0.1, -0.05) is 75.4 Å². The molecule has 2 aliphatic heterocycles. The van der Waals surface area contributed by atoms with Gasteiger partial charge in [-0.05, 0) is 39.6 Å². The molecule has 1 aliphatic carbocycles. The van der Waals surface area contributed by atoms with Gasteiger partial charge in [-0.25, -0.2) is 0 Å². The maximum Gasteiger partial charge on any atom is 0.494 e. The first-order chi connectivity index (χ1) is 16.1. The first-order valence-electron chi connectivity index (χ1n) is 12.4. The van der Waals surface area contributed by atoms with Crippen molar-refractivity contribution in [1.29, 1.82) is 0 Å². The minimum Gasteiger partial charge on any atom is -0.405 e. The maximum atomic E-state index is 7.31. The smallest absolute Gasteiger partial charge is 0.405 e. The molecule has 33 heavy (non-hydrogen) atoms. The van der Waals surface area contributed by atoms with Crippen molar-refractivity contribution in [2.24, 2.45) is 11.5 Å². The van der Waals surface area contributed by atoms with Gasteiger partial charge < -0.3 is 30.1 Å². The normalized spacial score (nSPS) is 19.7. The average molecular weight is 448 g/mol. The topological polar surface area (TPSA) is 89.0 Å². The lowest BCUT2D eigenvalue weighted by atomic mass is 9.72. The van der Waals surface area contributed by atoms with Gasteiger partial charge in [-0.2, -0.15) is 0 Å². The van der Waals surface area contributed by atoms with Gasteiger partial charge in [0.2, 0.25) is 0 Å². The predicted octanol–water partition coefficient (Wildman–Crippen LogP) is 2.04. The summed E-state index contributed by atoms with van der Waals surface area (Å²) >= 11 is 0. The molecule has 2 aromatic carbocycles. The second kappa shape index (κ2) is 9.90. The molecule has 0 spiro atoms. The molecular formula is C25H34B2N2O4. The predicted molar refractivity (Wildman–Crippen MR) is 133 cm³/mol. The molecule has 0 saturated carbocycles. The fourth-order valence-corrected chi connectivity index (χ4v) is 5.41. The fraction of sp³-hybridized carbons (Fsp3) is 0.520. The Kier molecular flexibility index (Phi) is 6.93. The van der Waals surface area contributed by atoms with Crippen LogP contribution in [-0.4, -0.2) is 46.7 Å². The van der Waals surface area contributed by atoms with Crippen LogP contribution in [0.25, 0.3) is 11.1 Å². The molecule has 174 valence electrons. The zero-order valence-corrected chi connectivity index (χ0v) is 19.6. The van der Waals surface area contributed by atoms with E-state index in [9.17, 15) is 0 Å². The number of nitrogens with two attached hydrogens (primary N) is 2. The van der Waals surface area contributed by atoms with E-state index in [0.29, 0.717) is 26.4 Å². The van der Waals surface area contributed by atoms with Crippen molar-refractivity contribution in [2.75, 3.05) is 26.4 Å². The summed E-state index contributed by atoms with van der Waals surface area (Å²) in [7, 11) is -0.686. The zero-order valence-electron chi connectivity index (χ0n) is 19.6. The molecule has 5 rings (SSSR count). The fourth-order valence-electron chi connectivity index (χ4n) is 5.41. The molecule has 8 heteroatoms. The summed E-state index contributed by atoms with van der Waals surface area (Å²) in [6.07, 6.45) is 6.88. The Balaban J connectivity index is 1.51. The molecule has 2 aromatic rings. The summed E-state index contributed by atoms with van der Waals surface area (Å²) in [5.41, 5.74) is 19.8. The van der Waals surface area contributed by atoms with E-state index in [-0.39, 0.29) is 20.3 Å². The molecule has 4 N–H and O–H groups in total. The van der Waals surface area contributed by atoms with E-state index in [1.807, 2.05) is 0 Å². The molecule has 3 aliphatic rings. The molecule has 0 radical (unpaired) electrons. The Labute approximate surface area is 197 Å². The highest BCUT2D eigenvalue weighted by molar-refractivity contribution is 6.62. The molecular weight excluding hydrogens is 414 g/mol. The summed E-state index contributed by atoms with van der Waals surface area (Å²) in [4.78, 5) is 0. The molecule has 0 amide bonds. The summed E-state index contributed by atoms with van der Waals surface area (Å²) in [5, 5.41) is 0. The van der Waals surface area contributed by atoms with E-state index < -0.39 is 5.54 Å². The first-order valence-corrected chi connectivity index (χ1v) is 12.4. The number of benzene rings is 2. The second-order valence-corrected chi connectivity index (χ2v) is 9.44. The van der Waals surface area contributed by atoms with Gasteiger partial charge in [0.1, 0.15) is 0 Å². The minimum atomic E-state index is -0.793. The first kappa shape index (κ1) is 23.1. The van der Waals surface area contributed by atoms with Crippen molar-refractivity contribution < 1.29 is 18.6 Å². The Hall–Kier alpha value is -1.67. The third-order valence-electron chi connectivity index (χ3n) is 7.26. The van der Waals surface area contributed by atoms with Crippen molar-refractivity contribution in [3.8, 4) is 11.1 Å². The summed E-state index contributed by atoms with van der Waals surface area (Å²) in [6, 6.07) is 12.5. The van der Waals surface area contributed by atoms with E-state index >= 15 is 0 Å².